The summed E-state index contributed by atoms with van der Waals surface area (Å²) < 4.78 is 15.2. The van der Waals surface area contributed by atoms with Crippen molar-refractivity contribution in [1.29, 1.82) is 0 Å². The molecule has 0 amide bonds. The lowest BCUT2D eigenvalue weighted by Crippen LogP contribution is -2.02. The highest BCUT2D eigenvalue weighted by Gasteiger charge is 2.12. The standard InChI is InChI=1S/C10H9ClFN3/c1-2-7-9(15-6-13-5-14-15)4-3-8(11)10(7)12/h3-6H,2H2,1H3. The summed E-state index contributed by atoms with van der Waals surface area (Å²) in [5, 5.41) is 4.10. The zero-order chi connectivity index (χ0) is 10.8. The van der Waals surface area contributed by atoms with E-state index < -0.39 is 0 Å². The fraction of sp³-hybridized carbons (Fsp3) is 0.200. The van der Waals surface area contributed by atoms with E-state index in [1.807, 2.05) is 6.92 Å². The summed E-state index contributed by atoms with van der Waals surface area (Å²) in [5.41, 5.74) is 1.23. The fourth-order valence-electron chi connectivity index (χ4n) is 1.47. The topological polar surface area (TPSA) is 30.7 Å². The molecular weight excluding hydrogens is 217 g/mol. The molecule has 2 aromatic rings. The van der Waals surface area contributed by atoms with Crippen molar-refractivity contribution in [2.75, 3.05) is 0 Å². The van der Waals surface area contributed by atoms with Gasteiger partial charge in [0.15, 0.2) is 0 Å². The van der Waals surface area contributed by atoms with E-state index in [9.17, 15) is 4.39 Å². The maximum absolute atomic E-state index is 13.7. The molecule has 0 spiro atoms. The molecule has 0 radical (unpaired) electrons. The van der Waals surface area contributed by atoms with Crippen LogP contribution in [0.1, 0.15) is 12.5 Å². The normalized spacial score (nSPS) is 10.6. The van der Waals surface area contributed by atoms with E-state index in [4.69, 9.17) is 11.6 Å². The first-order valence-electron chi connectivity index (χ1n) is 4.56. The van der Waals surface area contributed by atoms with Gasteiger partial charge in [-0.15, -0.1) is 0 Å². The average Bonchev–Trinajstić information content (AvgIpc) is 2.75. The van der Waals surface area contributed by atoms with Crippen molar-refractivity contribution < 1.29 is 4.39 Å². The Bertz CT molecular complexity index is 468. The van der Waals surface area contributed by atoms with E-state index >= 15 is 0 Å². The summed E-state index contributed by atoms with van der Waals surface area (Å²) in [7, 11) is 0. The molecule has 0 fully saturated rings. The highest BCUT2D eigenvalue weighted by Crippen LogP contribution is 2.24. The molecule has 0 aliphatic rings. The Morgan fingerprint density at radius 3 is 2.87 bits per heavy atom. The van der Waals surface area contributed by atoms with Crippen LogP contribution in [-0.4, -0.2) is 14.8 Å². The molecule has 1 heterocycles. The molecule has 0 aliphatic heterocycles. The molecular formula is C10H9ClFN3. The molecule has 0 N–H and O–H groups in total. The first-order chi connectivity index (χ1) is 7.24. The number of hydrogen-bond acceptors (Lipinski definition) is 2. The minimum atomic E-state index is -0.382. The van der Waals surface area contributed by atoms with Crippen LogP contribution in [0.2, 0.25) is 5.02 Å². The van der Waals surface area contributed by atoms with Gasteiger partial charge in [-0.05, 0) is 18.6 Å². The second-order valence-electron chi connectivity index (χ2n) is 3.05. The van der Waals surface area contributed by atoms with Crippen LogP contribution in [0.25, 0.3) is 5.69 Å². The van der Waals surface area contributed by atoms with Gasteiger partial charge in [-0.3, -0.25) is 0 Å². The Morgan fingerprint density at radius 2 is 2.27 bits per heavy atom. The largest absolute Gasteiger partial charge is 0.223 e. The van der Waals surface area contributed by atoms with E-state index in [2.05, 4.69) is 10.1 Å². The molecule has 1 aromatic carbocycles. The van der Waals surface area contributed by atoms with Crippen molar-refractivity contribution in [2.45, 2.75) is 13.3 Å². The molecule has 0 bridgehead atoms. The number of halogens is 2. The van der Waals surface area contributed by atoms with Crippen LogP contribution >= 0.6 is 11.6 Å². The molecule has 3 nitrogen and oxygen atoms in total. The number of rotatable bonds is 2. The molecule has 1 aromatic heterocycles. The summed E-state index contributed by atoms with van der Waals surface area (Å²) >= 11 is 5.71. The highest BCUT2D eigenvalue weighted by atomic mass is 35.5. The number of hydrogen-bond donors (Lipinski definition) is 0. The van der Waals surface area contributed by atoms with Crippen molar-refractivity contribution in [3.63, 3.8) is 0 Å². The van der Waals surface area contributed by atoms with Crippen LogP contribution in [0.3, 0.4) is 0 Å². The Morgan fingerprint density at radius 1 is 1.47 bits per heavy atom. The third kappa shape index (κ3) is 1.72. The highest BCUT2D eigenvalue weighted by molar-refractivity contribution is 6.30. The summed E-state index contributed by atoms with van der Waals surface area (Å²) in [4.78, 5) is 3.82. The molecule has 78 valence electrons. The maximum atomic E-state index is 13.7. The monoisotopic (exact) mass is 225 g/mol. The minimum Gasteiger partial charge on any atom is -0.223 e. The quantitative estimate of drug-likeness (QED) is 0.787. The fourth-order valence-corrected chi connectivity index (χ4v) is 1.64. The van der Waals surface area contributed by atoms with Gasteiger partial charge >= 0.3 is 0 Å². The van der Waals surface area contributed by atoms with E-state index in [0.29, 0.717) is 17.7 Å². The van der Waals surface area contributed by atoms with Gasteiger partial charge in [0.25, 0.3) is 0 Å². The van der Waals surface area contributed by atoms with Gasteiger partial charge in [0.2, 0.25) is 0 Å². The Hall–Kier alpha value is -1.42. The van der Waals surface area contributed by atoms with Crippen molar-refractivity contribution in [3.05, 3.63) is 41.2 Å². The number of nitrogens with zero attached hydrogens (tertiary/aromatic N) is 3. The smallest absolute Gasteiger partial charge is 0.147 e. The van der Waals surface area contributed by atoms with Crippen LogP contribution in [0.15, 0.2) is 24.8 Å². The van der Waals surface area contributed by atoms with Gasteiger partial charge in [0, 0.05) is 5.56 Å². The van der Waals surface area contributed by atoms with E-state index in [0.717, 1.165) is 0 Å². The summed E-state index contributed by atoms with van der Waals surface area (Å²) in [6, 6.07) is 3.26. The predicted molar refractivity (Wildman–Crippen MR) is 55.7 cm³/mol. The zero-order valence-corrected chi connectivity index (χ0v) is 8.87. The molecule has 0 saturated carbocycles. The van der Waals surface area contributed by atoms with Crippen LogP contribution in [0, 0.1) is 5.82 Å². The molecule has 0 atom stereocenters. The second-order valence-corrected chi connectivity index (χ2v) is 3.46. The van der Waals surface area contributed by atoms with Crippen molar-refractivity contribution in [1.82, 2.24) is 14.8 Å². The predicted octanol–water partition coefficient (Wildman–Crippen LogP) is 2.62. The van der Waals surface area contributed by atoms with Crippen molar-refractivity contribution in [2.24, 2.45) is 0 Å². The lowest BCUT2D eigenvalue weighted by atomic mass is 10.1. The molecule has 2 rings (SSSR count). The van der Waals surface area contributed by atoms with Gasteiger partial charge in [0.05, 0.1) is 10.7 Å². The Labute approximate surface area is 91.5 Å². The van der Waals surface area contributed by atoms with E-state index in [1.165, 1.54) is 23.4 Å². The van der Waals surface area contributed by atoms with E-state index in [-0.39, 0.29) is 10.8 Å². The summed E-state index contributed by atoms with van der Waals surface area (Å²) in [6.07, 6.45) is 3.50. The summed E-state index contributed by atoms with van der Waals surface area (Å²) in [6.45, 7) is 1.87. The number of benzene rings is 1. The van der Waals surface area contributed by atoms with Crippen molar-refractivity contribution in [3.8, 4) is 5.69 Å². The lowest BCUT2D eigenvalue weighted by molar-refractivity contribution is 0.609. The van der Waals surface area contributed by atoms with Gasteiger partial charge < -0.3 is 0 Å². The van der Waals surface area contributed by atoms with Crippen LogP contribution in [-0.2, 0) is 6.42 Å². The van der Waals surface area contributed by atoms with Gasteiger partial charge in [-0.2, -0.15) is 5.10 Å². The zero-order valence-electron chi connectivity index (χ0n) is 8.11. The Balaban J connectivity index is 2.62. The molecule has 5 heteroatoms. The first-order valence-corrected chi connectivity index (χ1v) is 4.93. The molecule has 15 heavy (non-hydrogen) atoms. The van der Waals surface area contributed by atoms with Gasteiger partial charge in [-0.1, -0.05) is 18.5 Å². The van der Waals surface area contributed by atoms with Crippen LogP contribution < -0.4 is 0 Å². The van der Waals surface area contributed by atoms with Gasteiger partial charge in [-0.25, -0.2) is 14.1 Å². The van der Waals surface area contributed by atoms with Gasteiger partial charge in [0.1, 0.15) is 18.5 Å². The SMILES string of the molecule is CCc1c(-n2cncn2)ccc(Cl)c1F. The summed E-state index contributed by atoms with van der Waals surface area (Å²) in [5.74, 6) is -0.382. The molecule has 0 aliphatic carbocycles. The molecule has 0 saturated heterocycles. The number of aromatic nitrogens is 3. The van der Waals surface area contributed by atoms with Crippen LogP contribution in [0.4, 0.5) is 4.39 Å². The molecule has 0 unspecified atom stereocenters. The third-order valence-electron chi connectivity index (χ3n) is 2.19. The lowest BCUT2D eigenvalue weighted by Gasteiger charge is -2.09. The van der Waals surface area contributed by atoms with Crippen molar-refractivity contribution >= 4 is 11.6 Å². The first kappa shape index (κ1) is 10.1. The maximum Gasteiger partial charge on any atom is 0.147 e. The Kier molecular flexibility index (Phi) is 2.68. The third-order valence-corrected chi connectivity index (χ3v) is 2.48. The minimum absolute atomic E-state index is 0.135. The van der Waals surface area contributed by atoms with Crippen LogP contribution in [0.5, 0.6) is 0 Å². The van der Waals surface area contributed by atoms with E-state index in [1.54, 1.807) is 6.07 Å². The second kappa shape index (κ2) is 3.98. The average molecular weight is 226 g/mol.